The van der Waals surface area contributed by atoms with Crippen LogP contribution in [0.4, 0.5) is 5.69 Å². The van der Waals surface area contributed by atoms with Crippen molar-refractivity contribution in [2.24, 2.45) is 5.73 Å². The molecule has 0 saturated carbocycles. The molecule has 0 unspecified atom stereocenters. The molecule has 4 aromatic rings. The standard InChI is InChI=1S/C23H19Cl2N3O4.2ClH/c24-16-6-12(8-18(27)23(29)30)7-17(25)21(16)31-11-14-9-15(26)10-19-20(14)32-22(28-19)13-4-2-1-3-5-13;;/h1-7,9-10,18H,8,11,26-27H2,(H,29,30);2*1H/t18-;;/m0../s1. The molecule has 180 valence electrons. The third-order valence-corrected chi connectivity index (χ3v) is 5.37. The first kappa shape index (κ1) is 27.6. The van der Waals surface area contributed by atoms with E-state index in [4.69, 9.17) is 48.9 Å². The van der Waals surface area contributed by atoms with Gasteiger partial charge in [-0.3, -0.25) is 4.79 Å². The Morgan fingerprint density at radius 2 is 1.74 bits per heavy atom. The van der Waals surface area contributed by atoms with Crippen LogP contribution in [0.1, 0.15) is 11.1 Å². The predicted octanol–water partition coefficient (Wildman–Crippen LogP) is 5.76. The second-order valence-electron chi connectivity index (χ2n) is 7.24. The zero-order chi connectivity index (χ0) is 22.8. The number of hydrogen-bond acceptors (Lipinski definition) is 6. The van der Waals surface area contributed by atoms with Gasteiger partial charge in [0.05, 0.1) is 10.0 Å². The van der Waals surface area contributed by atoms with Crippen molar-refractivity contribution in [1.29, 1.82) is 0 Å². The van der Waals surface area contributed by atoms with Crippen LogP contribution in [0.2, 0.25) is 10.0 Å². The van der Waals surface area contributed by atoms with Crippen molar-refractivity contribution in [1.82, 2.24) is 4.98 Å². The van der Waals surface area contributed by atoms with Crippen LogP contribution in [-0.4, -0.2) is 22.1 Å². The highest BCUT2D eigenvalue weighted by molar-refractivity contribution is 6.37. The van der Waals surface area contributed by atoms with Crippen molar-refractivity contribution in [2.75, 3.05) is 5.73 Å². The topological polar surface area (TPSA) is 125 Å². The van der Waals surface area contributed by atoms with Crippen molar-refractivity contribution >= 4 is 70.8 Å². The monoisotopic (exact) mass is 543 g/mol. The van der Waals surface area contributed by atoms with Gasteiger partial charge in [-0.25, -0.2) is 4.98 Å². The molecule has 1 aromatic heterocycles. The number of oxazole rings is 1. The highest BCUT2D eigenvalue weighted by Gasteiger charge is 2.18. The van der Waals surface area contributed by atoms with Gasteiger partial charge < -0.3 is 25.7 Å². The lowest BCUT2D eigenvalue weighted by Gasteiger charge is -2.13. The Kier molecular flexibility index (Phi) is 9.44. The number of aromatic nitrogens is 1. The second kappa shape index (κ2) is 11.6. The van der Waals surface area contributed by atoms with Crippen LogP contribution in [0.3, 0.4) is 0 Å². The van der Waals surface area contributed by atoms with E-state index >= 15 is 0 Å². The van der Waals surface area contributed by atoms with Crippen LogP contribution >= 0.6 is 48.0 Å². The number of aliphatic carboxylic acids is 1. The van der Waals surface area contributed by atoms with E-state index in [0.717, 1.165) is 5.56 Å². The zero-order valence-electron chi connectivity index (χ0n) is 17.5. The number of fused-ring (bicyclic) bond motifs is 1. The molecule has 3 aromatic carbocycles. The maximum absolute atomic E-state index is 11.0. The van der Waals surface area contributed by atoms with Gasteiger partial charge >= 0.3 is 5.97 Å². The SMILES string of the molecule is Cl.Cl.Nc1cc(COc2c(Cl)cc(C[C@H](N)C(=O)O)cc2Cl)c2oc(-c3ccccc3)nc2c1. The van der Waals surface area contributed by atoms with E-state index in [-0.39, 0.29) is 53.6 Å². The summed E-state index contributed by atoms with van der Waals surface area (Å²) < 4.78 is 11.9. The van der Waals surface area contributed by atoms with Crippen molar-refractivity contribution in [2.45, 2.75) is 19.1 Å². The minimum absolute atomic E-state index is 0. The molecule has 0 bridgehead atoms. The maximum atomic E-state index is 11.0. The molecule has 0 aliphatic heterocycles. The normalized spacial score (nSPS) is 11.4. The number of halogens is 4. The molecule has 0 aliphatic carbocycles. The molecular weight excluding hydrogens is 524 g/mol. The number of ether oxygens (including phenoxy) is 1. The van der Waals surface area contributed by atoms with E-state index in [9.17, 15) is 4.79 Å². The van der Waals surface area contributed by atoms with Crippen LogP contribution < -0.4 is 16.2 Å². The Bertz CT molecular complexity index is 1280. The summed E-state index contributed by atoms with van der Waals surface area (Å²) in [4.78, 5) is 15.5. The summed E-state index contributed by atoms with van der Waals surface area (Å²) in [5, 5.41) is 9.48. The average Bonchev–Trinajstić information content (AvgIpc) is 3.17. The lowest BCUT2D eigenvalue weighted by atomic mass is 10.1. The molecule has 1 heterocycles. The number of nitrogens with zero attached hydrogens (tertiary/aromatic N) is 1. The lowest BCUT2D eigenvalue weighted by Crippen LogP contribution is -2.32. The molecule has 1 atom stereocenters. The van der Waals surface area contributed by atoms with Gasteiger partial charge in [-0.1, -0.05) is 41.4 Å². The number of hydrogen-bond donors (Lipinski definition) is 3. The average molecular weight is 545 g/mol. The van der Waals surface area contributed by atoms with Crippen LogP contribution in [0.15, 0.2) is 59.0 Å². The number of carbonyl (C=O) groups is 1. The summed E-state index contributed by atoms with van der Waals surface area (Å²) in [6.07, 6.45) is 0.0885. The molecule has 4 rings (SSSR count). The van der Waals surface area contributed by atoms with Gasteiger partial charge in [-0.15, -0.1) is 24.8 Å². The largest absolute Gasteiger partial charge is 0.486 e. The summed E-state index contributed by atoms with van der Waals surface area (Å²) in [5.41, 5.74) is 15.4. The van der Waals surface area contributed by atoms with Gasteiger partial charge in [0, 0.05) is 16.8 Å². The summed E-state index contributed by atoms with van der Waals surface area (Å²) in [7, 11) is 0. The van der Waals surface area contributed by atoms with Gasteiger partial charge in [0.15, 0.2) is 11.3 Å². The lowest BCUT2D eigenvalue weighted by molar-refractivity contribution is -0.138. The van der Waals surface area contributed by atoms with Gasteiger partial charge in [0.2, 0.25) is 5.89 Å². The molecule has 0 saturated heterocycles. The minimum Gasteiger partial charge on any atom is -0.486 e. The summed E-state index contributed by atoms with van der Waals surface area (Å²) >= 11 is 12.7. The number of benzene rings is 3. The summed E-state index contributed by atoms with van der Waals surface area (Å²) in [6.45, 7) is 0.0817. The molecule has 0 amide bonds. The van der Waals surface area contributed by atoms with Crippen LogP contribution in [-0.2, 0) is 17.8 Å². The third-order valence-electron chi connectivity index (χ3n) is 4.81. The zero-order valence-corrected chi connectivity index (χ0v) is 20.7. The fraction of sp³-hybridized carbons (Fsp3) is 0.130. The molecule has 5 N–H and O–H groups in total. The Hall–Kier alpha value is -2.68. The molecular formula is C23H21Cl4N3O4. The van der Waals surface area contributed by atoms with Gasteiger partial charge in [-0.2, -0.15) is 0 Å². The fourth-order valence-corrected chi connectivity index (χ4v) is 3.94. The number of carboxylic acids is 1. The van der Waals surface area contributed by atoms with Gasteiger partial charge in [0.25, 0.3) is 0 Å². The maximum Gasteiger partial charge on any atom is 0.320 e. The van der Waals surface area contributed by atoms with Crippen LogP contribution in [0.25, 0.3) is 22.6 Å². The first-order valence-electron chi connectivity index (χ1n) is 9.65. The summed E-state index contributed by atoms with van der Waals surface area (Å²) in [6, 6.07) is 15.1. The van der Waals surface area contributed by atoms with E-state index in [1.807, 2.05) is 30.3 Å². The Labute approximate surface area is 217 Å². The van der Waals surface area contributed by atoms with Gasteiger partial charge in [0.1, 0.15) is 18.2 Å². The molecule has 0 aliphatic rings. The smallest absolute Gasteiger partial charge is 0.320 e. The van der Waals surface area contributed by atoms with Gasteiger partial charge in [-0.05, 0) is 48.4 Å². The number of carboxylic acid groups (broad SMARTS) is 1. The Morgan fingerprint density at radius 3 is 2.35 bits per heavy atom. The quantitative estimate of drug-likeness (QED) is 0.252. The number of nitrogen functional groups attached to an aromatic ring is 1. The first-order chi connectivity index (χ1) is 15.3. The molecule has 11 heteroatoms. The highest BCUT2D eigenvalue weighted by Crippen LogP contribution is 2.36. The van der Waals surface area contributed by atoms with Crippen molar-refractivity contribution < 1.29 is 19.1 Å². The second-order valence-corrected chi connectivity index (χ2v) is 8.05. The third kappa shape index (κ3) is 6.05. The molecule has 0 fully saturated rings. The predicted molar refractivity (Wildman–Crippen MR) is 138 cm³/mol. The number of anilines is 1. The van der Waals surface area contributed by atoms with E-state index in [1.54, 1.807) is 24.3 Å². The van der Waals surface area contributed by atoms with Crippen molar-refractivity contribution in [3.05, 3.63) is 75.8 Å². The molecule has 0 radical (unpaired) electrons. The van der Waals surface area contributed by atoms with E-state index in [0.29, 0.717) is 33.8 Å². The van der Waals surface area contributed by atoms with Crippen LogP contribution in [0, 0.1) is 0 Å². The number of nitrogens with two attached hydrogens (primary N) is 2. The summed E-state index contributed by atoms with van der Waals surface area (Å²) in [5.74, 6) is -0.368. The first-order valence-corrected chi connectivity index (χ1v) is 10.4. The molecule has 34 heavy (non-hydrogen) atoms. The molecule has 0 spiro atoms. The van der Waals surface area contributed by atoms with E-state index in [2.05, 4.69) is 4.98 Å². The molecule has 7 nitrogen and oxygen atoms in total. The van der Waals surface area contributed by atoms with E-state index in [1.165, 1.54) is 0 Å². The van der Waals surface area contributed by atoms with Crippen molar-refractivity contribution in [3.63, 3.8) is 0 Å². The van der Waals surface area contributed by atoms with E-state index < -0.39 is 12.0 Å². The highest BCUT2D eigenvalue weighted by atomic mass is 35.5. The fourth-order valence-electron chi connectivity index (χ4n) is 3.30. The minimum atomic E-state index is -1.11. The Balaban J connectivity index is 0.00000204. The number of rotatable bonds is 7. The Morgan fingerprint density at radius 1 is 1.09 bits per heavy atom. The van der Waals surface area contributed by atoms with Crippen LogP contribution in [0.5, 0.6) is 5.75 Å². The van der Waals surface area contributed by atoms with Crippen molar-refractivity contribution in [3.8, 4) is 17.2 Å².